The molecule has 7 heteroatoms. The van der Waals surface area contributed by atoms with Crippen LogP contribution in [0.3, 0.4) is 0 Å². The highest BCUT2D eigenvalue weighted by Gasteiger charge is 2.18. The molecule has 0 aliphatic heterocycles. The van der Waals surface area contributed by atoms with Gasteiger partial charge in [0.2, 0.25) is 0 Å². The number of hydrogen-bond acceptors (Lipinski definition) is 5. The molecule has 130 valence electrons. The van der Waals surface area contributed by atoms with Crippen molar-refractivity contribution in [3.05, 3.63) is 80.2 Å². The lowest BCUT2D eigenvalue weighted by Gasteiger charge is -2.06. The van der Waals surface area contributed by atoms with Crippen molar-refractivity contribution in [1.29, 1.82) is 0 Å². The lowest BCUT2D eigenvalue weighted by atomic mass is 10.2. The Labute approximate surface area is 157 Å². The van der Waals surface area contributed by atoms with Crippen LogP contribution in [0.1, 0.15) is 20.9 Å². The molecule has 26 heavy (non-hydrogen) atoms. The van der Waals surface area contributed by atoms with E-state index in [4.69, 9.17) is 16.3 Å². The van der Waals surface area contributed by atoms with E-state index in [9.17, 15) is 9.59 Å². The number of thiophene rings is 1. The molecule has 5 nitrogen and oxygen atoms in total. The summed E-state index contributed by atoms with van der Waals surface area (Å²) in [5.41, 5.74) is 1.64. The second kappa shape index (κ2) is 6.55. The molecule has 0 N–H and O–H groups in total. The monoisotopic (exact) mass is 384 g/mol. The second-order valence-corrected chi connectivity index (χ2v) is 7.27. The molecule has 3 aromatic heterocycles. The van der Waals surface area contributed by atoms with Crippen molar-refractivity contribution in [2.24, 2.45) is 0 Å². The highest BCUT2D eigenvalue weighted by atomic mass is 35.5. The molecule has 0 amide bonds. The van der Waals surface area contributed by atoms with Gasteiger partial charge < -0.3 is 4.74 Å². The Morgan fingerprint density at radius 2 is 2.08 bits per heavy atom. The summed E-state index contributed by atoms with van der Waals surface area (Å²) in [5.74, 6) is -0.526. The van der Waals surface area contributed by atoms with Gasteiger partial charge in [-0.1, -0.05) is 35.9 Å². The van der Waals surface area contributed by atoms with Crippen LogP contribution in [-0.2, 0) is 11.3 Å². The Kier molecular flexibility index (Phi) is 4.22. The lowest BCUT2D eigenvalue weighted by Crippen LogP contribution is -2.16. The molecule has 0 atom stereocenters. The number of carbonyl (C=O) groups excluding carboxylic acids is 1. The van der Waals surface area contributed by atoms with E-state index in [1.807, 2.05) is 37.3 Å². The third-order valence-corrected chi connectivity index (χ3v) is 5.59. The van der Waals surface area contributed by atoms with E-state index in [2.05, 4.69) is 4.98 Å². The number of fused-ring (bicyclic) bond motifs is 2. The van der Waals surface area contributed by atoms with Crippen LogP contribution in [0.25, 0.3) is 15.7 Å². The fourth-order valence-electron chi connectivity index (χ4n) is 2.68. The Balaban J connectivity index is 1.59. The fourth-order valence-corrected chi connectivity index (χ4v) is 4.08. The van der Waals surface area contributed by atoms with Crippen LogP contribution in [0.2, 0.25) is 5.02 Å². The topological polar surface area (TPSA) is 60.7 Å². The van der Waals surface area contributed by atoms with Gasteiger partial charge in [-0.25, -0.2) is 9.78 Å². The van der Waals surface area contributed by atoms with Crippen LogP contribution in [0, 0.1) is 6.92 Å². The Morgan fingerprint density at radius 1 is 1.27 bits per heavy atom. The first-order valence-corrected chi connectivity index (χ1v) is 9.05. The molecular formula is C19H13ClN2O3S. The van der Waals surface area contributed by atoms with Gasteiger partial charge in [0.1, 0.15) is 17.1 Å². The molecule has 0 unspecified atom stereocenters. The summed E-state index contributed by atoms with van der Waals surface area (Å²) < 4.78 is 7.71. The first-order valence-electron chi connectivity index (χ1n) is 7.86. The molecule has 4 aromatic rings. The number of aromatic nitrogens is 2. The van der Waals surface area contributed by atoms with E-state index < -0.39 is 5.97 Å². The number of carbonyl (C=O) groups is 1. The van der Waals surface area contributed by atoms with Crippen LogP contribution in [0.5, 0.6) is 0 Å². The summed E-state index contributed by atoms with van der Waals surface area (Å²) >= 11 is 7.57. The molecule has 0 aliphatic rings. The third-order valence-electron chi connectivity index (χ3n) is 3.93. The molecular weight excluding hydrogens is 372 g/mol. The Bertz CT molecular complexity index is 1210. The zero-order valence-corrected chi connectivity index (χ0v) is 15.3. The van der Waals surface area contributed by atoms with Crippen molar-refractivity contribution >= 4 is 44.6 Å². The molecule has 1 aromatic carbocycles. The minimum atomic E-state index is -0.526. The maximum Gasteiger partial charge on any atom is 0.350 e. The summed E-state index contributed by atoms with van der Waals surface area (Å²) in [6.45, 7) is 1.80. The number of ether oxygens (including phenoxy) is 1. The van der Waals surface area contributed by atoms with Crippen LogP contribution in [0.15, 0.2) is 53.5 Å². The van der Waals surface area contributed by atoms with Gasteiger partial charge >= 0.3 is 5.97 Å². The molecule has 0 radical (unpaired) electrons. The van der Waals surface area contributed by atoms with E-state index >= 15 is 0 Å². The first kappa shape index (κ1) is 16.8. The zero-order valence-electron chi connectivity index (χ0n) is 13.7. The van der Waals surface area contributed by atoms with Gasteiger partial charge in [-0.3, -0.25) is 9.20 Å². The van der Waals surface area contributed by atoms with Crippen molar-refractivity contribution in [2.75, 3.05) is 0 Å². The van der Waals surface area contributed by atoms with E-state index in [-0.39, 0.29) is 12.2 Å². The SMILES string of the molecule is Cc1ccc2nc(COC(=O)c3sc4ccccc4c3Cl)cc(=O)n2c1. The normalized spacial score (nSPS) is 11.2. The van der Waals surface area contributed by atoms with Gasteiger partial charge in [-0.15, -0.1) is 11.3 Å². The van der Waals surface area contributed by atoms with Crippen LogP contribution < -0.4 is 5.56 Å². The quantitative estimate of drug-likeness (QED) is 0.496. The summed E-state index contributed by atoms with van der Waals surface area (Å²) in [6, 6.07) is 12.5. The van der Waals surface area contributed by atoms with E-state index in [0.29, 0.717) is 21.2 Å². The molecule has 0 aliphatic carbocycles. The first-order chi connectivity index (χ1) is 12.5. The van der Waals surface area contributed by atoms with E-state index in [1.54, 1.807) is 12.3 Å². The van der Waals surface area contributed by atoms with Gasteiger partial charge in [0.15, 0.2) is 0 Å². The predicted molar refractivity (Wildman–Crippen MR) is 102 cm³/mol. The molecule has 0 spiro atoms. The van der Waals surface area contributed by atoms with Crippen LogP contribution >= 0.6 is 22.9 Å². The number of hydrogen-bond donors (Lipinski definition) is 0. The molecule has 0 fully saturated rings. The number of pyridine rings is 1. The standard InChI is InChI=1S/C19H13ClN2O3S/c1-11-6-7-15-21-12(8-16(23)22(15)9-11)10-25-19(24)18-17(20)13-4-2-3-5-14(13)26-18/h2-9H,10H2,1H3. The predicted octanol–water partition coefficient (Wildman–Crippen LogP) is 4.23. The number of rotatable bonds is 3. The lowest BCUT2D eigenvalue weighted by molar-refractivity contribution is 0.0474. The molecule has 0 saturated carbocycles. The minimum absolute atomic E-state index is 0.0942. The van der Waals surface area contributed by atoms with Gasteiger partial charge in [-0.05, 0) is 24.6 Å². The third kappa shape index (κ3) is 2.98. The maximum absolute atomic E-state index is 12.4. The summed E-state index contributed by atoms with van der Waals surface area (Å²) in [7, 11) is 0. The van der Waals surface area contributed by atoms with Crippen molar-refractivity contribution in [2.45, 2.75) is 13.5 Å². The van der Waals surface area contributed by atoms with Gasteiger partial charge in [0.25, 0.3) is 5.56 Å². The number of benzene rings is 1. The second-order valence-electron chi connectivity index (χ2n) is 5.84. The van der Waals surface area contributed by atoms with E-state index in [0.717, 1.165) is 15.6 Å². The van der Waals surface area contributed by atoms with Crippen molar-refractivity contribution in [3.63, 3.8) is 0 Å². The van der Waals surface area contributed by atoms with Crippen molar-refractivity contribution < 1.29 is 9.53 Å². The molecule has 3 heterocycles. The number of halogens is 1. The fraction of sp³-hybridized carbons (Fsp3) is 0.105. The minimum Gasteiger partial charge on any atom is -0.455 e. The highest BCUT2D eigenvalue weighted by Crippen LogP contribution is 2.35. The largest absolute Gasteiger partial charge is 0.455 e. The molecule has 4 rings (SSSR count). The number of esters is 1. The summed E-state index contributed by atoms with van der Waals surface area (Å²) in [4.78, 5) is 29.3. The molecule has 0 saturated heterocycles. The average molecular weight is 385 g/mol. The van der Waals surface area contributed by atoms with Gasteiger partial charge in [0, 0.05) is 22.3 Å². The van der Waals surface area contributed by atoms with Gasteiger partial charge in [-0.2, -0.15) is 0 Å². The number of aryl methyl sites for hydroxylation is 1. The van der Waals surface area contributed by atoms with Crippen LogP contribution in [-0.4, -0.2) is 15.4 Å². The van der Waals surface area contributed by atoms with Crippen LogP contribution in [0.4, 0.5) is 0 Å². The highest BCUT2D eigenvalue weighted by molar-refractivity contribution is 7.21. The summed E-state index contributed by atoms with van der Waals surface area (Å²) in [5, 5.41) is 1.21. The van der Waals surface area contributed by atoms with Crippen molar-refractivity contribution in [1.82, 2.24) is 9.38 Å². The van der Waals surface area contributed by atoms with E-state index in [1.165, 1.54) is 21.8 Å². The van der Waals surface area contributed by atoms with Gasteiger partial charge in [0.05, 0.1) is 10.7 Å². The Hall–Kier alpha value is -2.70. The average Bonchev–Trinajstić information content (AvgIpc) is 2.97. The maximum atomic E-state index is 12.4. The number of nitrogens with zero attached hydrogens (tertiary/aromatic N) is 2. The zero-order chi connectivity index (χ0) is 18.3. The van der Waals surface area contributed by atoms with Crippen molar-refractivity contribution in [3.8, 4) is 0 Å². The summed E-state index contributed by atoms with van der Waals surface area (Å²) in [6.07, 6.45) is 1.72. The smallest absolute Gasteiger partial charge is 0.350 e. The Morgan fingerprint density at radius 3 is 2.88 bits per heavy atom. The molecule has 0 bridgehead atoms.